The van der Waals surface area contributed by atoms with E-state index in [1.54, 1.807) is 4.40 Å². The highest BCUT2D eigenvalue weighted by Crippen LogP contribution is 2.20. The zero-order valence-electron chi connectivity index (χ0n) is 13.4. The van der Waals surface area contributed by atoms with Crippen molar-refractivity contribution in [3.8, 4) is 5.75 Å². The van der Waals surface area contributed by atoms with Gasteiger partial charge in [0.1, 0.15) is 5.75 Å². The van der Waals surface area contributed by atoms with Crippen molar-refractivity contribution >= 4 is 33.4 Å². The van der Waals surface area contributed by atoms with Gasteiger partial charge in [-0.05, 0) is 43.7 Å². The summed E-state index contributed by atoms with van der Waals surface area (Å²) in [6.45, 7) is 4.56. The first-order valence-electron chi connectivity index (χ1n) is 7.82. The molecule has 0 bridgehead atoms. The molecule has 0 saturated heterocycles. The molecule has 0 saturated carbocycles. The number of aryl methyl sites for hydroxylation is 1. The summed E-state index contributed by atoms with van der Waals surface area (Å²) in [7, 11) is 0. The summed E-state index contributed by atoms with van der Waals surface area (Å²) in [4.78, 5) is 18.1. The van der Waals surface area contributed by atoms with E-state index in [0.717, 1.165) is 32.9 Å². The molecule has 0 amide bonds. The fourth-order valence-electron chi connectivity index (χ4n) is 2.80. The number of aromatic nitrogens is 2. The van der Waals surface area contributed by atoms with Crippen LogP contribution in [-0.2, 0) is 0 Å². The molecule has 0 N–H and O–H groups in total. The van der Waals surface area contributed by atoms with Crippen molar-refractivity contribution < 1.29 is 4.74 Å². The van der Waals surface area contributed by atoms with Crippen LogP contribution >= 0.6 is 11.3 Å². The van der Waals surface area contributed by atoms with Gasteiger partial charge < -0.3 is 4.74 Å². The van der Waals surface area contributed by atoms with Crippen molar-refractivity contribution in [2.75, 3.05) is 6.61 Å². The highest BCUT2D eigenvalue weighted by molar-refractivity contribution is 7.15. The molecule has 0 fully saturated rings. The third-order valence-electron chi connectivity index (χ3n) is 3.90. The second kappa shape index (κ2) is 5.76. The summed E-state index contributed by atoms with van der Waals surface area (Å²) in [5.74, 6) is 0.783. The van der Waals surface area contributed by atoms with E-state index in [0.29, 0.717) is 11.1 Å². The lowest BCUT2D eigenvalue weighted by molar-refractivity contribution is 0.339. The Morgan fingerprint density at radius 2 is 2.08 bits per heavy atom. The largest absolute Gasteiger partial charge is 0.493 e. The average molecular weight is 336 g/mol. The Labute approximate surface area is 142 Å². The molecule has 2 aromatic carbocycles. The summed E-state index contributed by atoms with van der Waals surface area (Å²) >= 11 is 1.41. The smallest absolute Gasteiger partial charge is 0.274 e. The van der Waals surface area contributed by atoms with Crippen molar-refractivity contribution in [2.24, 2.45) is 0 Å². The van der Waals surface area contributed by atoms with Gasteiger partial charge in [0.05, 0.1) is 22.2 Å². The number of hydrogen-bond donors (Lipinski definition) is 0. The van der Waals surface area contributed by atoms with E-state index in [1.807, 2.05) is 62.4 Å². The molecule has 4 aromatic rings. The van der Waals surface area contributed by atoms with E-state index >= 15 is 0 Å². The van der Waals surface area contributed by atoms with Crippen molar-refractivity contribution in [3.63, 3.8) is 0 Å². The summed E-state index contributed by atoms with van der Waals surface area (Å²) in [5, 5.41) is 0. The third-order valence-corrected chi connectivity index (χ3v) is 4.87. The van der Waals surface area contributed by atoms with Crippen LogP contribution in [-0.4, -0.2) is 16.0 Å². The minimum atomic E-state index is -0.0346. The van der Waals surface area contributed by atoms with E-state index in [4.69, 9.17) is 4.74 Å². The number of ether oxygens (including phenoxy) is 1. The second-order valence-electron chi connectivity index (χ2n) is 5.61. The lowest BCUT2D eigenvalue weighted by Gasteiger charge is -2.05. The molecule has 0 aliphatic carbocycles. The molecule has 0 aliphatic heterocycles. The molecule has 120 valence electrons. The number of fused-ring (bicyclic) bond motifs is 3. The van der Waals surface area contributed by atoms with E-state index in [2.05, 4.69) is 4.98 Å². The van der Waals surface area contributed by atoms with Gasteiger partial charge in [-0.15, -0.1) is 0 Å². The van der Waals surface area contributed by atoms with E-state index < -0.39 is 0 Å². The van der Waals surface area contributed by atoms with Crippen LogP contribution in [0.25, 0.3) is 22.1 Å². The van der Waals surface area contributed by atoms with Gasteiger partial charge in [0.25, 0.3) is 5.56 Å². The number of nitrogens with zero attached hydrogens (tertiary/aromatic N) is 2. The van der Waals surface area contributed by atoms with Gasteiger partial charge in [0.15, 0.2) is 4.96 Å². The number of hydrogen-bond acceptors (Lipinski definition) is 4. The first-order valence-corrected chi connectivity index (χ1v) is 8.64. The van der Waals surface area contributed by atoms with E-state index in [1.165, 1.54) is 11.3 Å². The van der Waals surface area contributed by atoms with E-state index in [-0.39, 0.29) is 5.56 Å². The van der Waals surface area contributed by atoms with Crippen molar-refractivity contribution in [1.82, 2.24) is 9.38 Å². The Bertz CT molecular complexity index is 1160. The Balaban J connectivity index is 1.95. The van der Waals surface area contributed by atoms with Crippen molar-refractivity contribution in [3.05, 3.63) is 68.5 Å². The van der Waals surface area contributed by atoms with Gasteiger partial charge in [-0.1, -0.05) is 35.6 Å². The van der Waals surface area contributed by atoms with Gasteiger partial charge in [0, 0.05) is 5.56 Å². The number of rotatable bonds is 3. The molecule has 2 heterocycles. The molecule has 0 aliphatic rings. The molecular weight excluding hydrogens is 320 g/mol. The number of thiazole rings is 1. The van der Waals surface area contributed by atoms with Crippen molar-refractivity contribution in [1.29, 1.82) is 0 Å². The minimum absolute atomic E-state index is 0.0346. The molecule has 2 aromatic heterocycles. The Morgan fingerprint density at radius 3 is 2.92 bits per heavy atom. The van der Waals surface area contributed by atoms with Crippen LogP contribution in [0.5, 0.6) is 5.75 Å². The summed E-state index contributed by atoms with van der Waals surface area (Å²) < 4.78 is 7.99. The molecule has 0 radical (unpaired) electrons. The number of imidazole rings is 1. The summed E-state index contributed by atoms with van der Waals surface area (Å²) in [6.07, 6.45) is 1.88. The average Bonchev–Trinajstić information content (AvgIpc) is 3.06. The van der Waals surface area contributed by atoms with Crippen LogP contribution in [0.3, 0.4) is 0 Å². The first-order chi connectivity index (χ1) is 11.7. The number of para-hydroxylation sites is 1. The highest BCUT2D eigenvalue weighted by Gasteiger charge is 2.11. The monoisotopic (exact) mass is 336 g/mol. The van der Waals surface area contributed by atoms with Gasteiger partial charge in [-0.2, -0.15) is 0 Å². The van der Waals surface area contributed by atoms with Crippen LogP contribution in [0.15, 0.2) is 47.3 Å². The van der Waals surface area contributed by atoms with Gasteiger partial charge in [0.2, 0.25) is 0 Å². The van der Waals surface area contributed by atoms with Gasteiger partial charge in [-0.25, -0.2) is 9.38 Å². The van der Waals surface area contributed by atoms with Crippen LogP contribution in [0.1, 0.15) is 18.1 Å². The van der Waals surface area contributed by atoms with Crippen LogP contribution < -0.4 is 14.8 Å². The first kappa shape index (κ1) is 14.9. The number of benzene rings is 2. The molecule has 0 unspecified atom stereocenters. The molecule has 0 spiro atoms. The lowest BCUT2D eigenvalue weighted by Crippen LogP contribution is -2.22. The Hall–Kier alpha value is -2.66. The lowest BCUT2D eigenvalue weighted by atomic mass is 10.2. The summed E-state index contributed by atoms with van der Waals surface area (Å²) in [5.41, 5.74) is 3.72. The van der Waals surface area contributed by atoms with Crippen LogP contribution in [0, 0.1) is 6.92 Å². The fourth-order valence-corrected chi connectivity index (χ4v) is 3.78. The van der Waals surface area contributed by atoms with Gasteiger partial charge in [-0.3, -0.25) is 4.79 Å². The fraction of sp³-hybridized carbons (Fsp3) is 0.158. The quantitative estimate of drug-likeness (QED) is 0.577. The van der Waals surface area contributed by atoms with Crippen LogP contribution in [0.2, 0.25) is 0 Å². The topological polar surface area (TPSA) is 43.6 Å². The molecule has 4 nitrogen and oxygen atoms in total. The van der Waals surface area contributed by atoms with E-state index in [9.17, 15) is 4.79 Å². The predicted octanol–water partition coefficient (Wildman–Crippen LogP) is 3.16. The molecular formula is C19H16N2O2S. The van der Waals surface area contributed by atoms with Crippen LogP contribution in [0.4, 0.5) is 0 Å². The Kier molecular flexibility index (Phi) is 3.58. The zero-order chi connectivity index (χ0) is 16.7. The normalized spacial score (nSPS) is 12.3. The molecule has 4 rings (SSSR count). The second-order valence-corrected chi connectivity index (χ2v) is 6.62. The molecule has 24 heavy (non-hydrogen) atoms. The van der Waals surface area contributed by atoms with Crippen molar-refractivity contribution in [2.45, 2.75) is 13.8 Å². The maximum Gasteiger partial charge on any atom is 0.274 e. The predicted molar refractivity (Wildman–Crippen MR) is 98.0 cm³/mol. The maximum atomic E-state index is 12.8. The minimum Gasteiger partial charge on any atom is -0.493 e. The summed E-state index contributed by atoms with van der Waals surface area (Å²) in [6, 6.07) is 13.7. The zero-order valence-corrected chi connectivity index (χ0v) is 14.3. The SMILES string of the molecule is CCOc1ccccc1/C=c1\sc2nc3cc(C)ccc3n2c1=O. The third kappa shape index (κ3) is 2.37. The van der Waals surface area contributed by atoms with Gasteiger partial charge >= 0.3 is 0 Å². The maximum absolute atomic E-state index is 12.8. The molecule has 5 heteroatoms. The Morgan fingerprint density at radius 1 is 1.25 bits per heavy atom. The highest BCUT2D eigenvalue weighted by atomic mass is 32.1. The standard InChI is InChI=1S/C19H16N2O2S/c1-3-23-16-7-5-4-6-13(16)11-17-18(22)21-15-9-8-12(2)10-14(15)20-19(21)24-17/h4-11H,3H2,1-2H3/b17-11-. The molecule has 0 atom stereocenters.